The summed E-state index contributed by atoms with van der Waals surface area (Å²) in [6.07, 6.45) is 4.07. The minimum absolute atomic E-state index is 0.0902. The molecule has 5 heteroatoms. The zero-order valence-corrected chi connectivity index (χ0v) is 12.5. The predicted octanol–water partition coefficient (Wildman–Crippen LogP) is 4.03. The third-order valence-corrected chi connectivity index (χ3v) is 3.18. The summed E-state index contributed by atoms with van der Waals surface area (Å²) >= 11 is 0. The molecule has 0 heterocycles. The molecule has 0 fully saturated rings. The van der Waals surface area contributed by atoms with E-state index in [2.05, 4.69) is 4.94 Å². The monoisotopic (exact) mass is 296 g/mol. The molecular formula is C16H21FO4. The number of carbonyl (C=O) groups excluding carboxylic acids is 2. The van der Waals surface area contributed by atoms with E-state index in [1.165, 1.54) is 6.07 Å². The summed E-state index contributed by atoms with van der Waals surface area (Å²) in [5.41, 5.74) is 0.707. The molecular weight excluding hydrogens is 275 g/mol. The van der Waals surface area contributed by atoms with Crippen LogP contribution in [0.2, 0.25) is 0 Å². The quantitative estimate of drug-likeness (QED) is 0.537. The minimum Gasteiger partial charge on any atom is -0.462 e. The summed E-state index contributed by atoms with van der Waals surface area (Å²) in [5, 5.41) is 0. The summed E-state index contributed by atoms with van der Waals surface area (Å²) in [6, 6.07) is 4.73. The zero-order chi connectivity index (χ0) is 15.7. The highest BCUT2D eigenvalue weighted by Crippen LogP contribution is 2.20. The van der Waals surface area contributed by atoms with Gasteiger partial charge in [0.25, 0.3) is 0 Å². The Kier molecular flexibility index (Phi) is 7.43. The van der Waals surface area contributed by atoms with Crippen molar-refractivity contribution in [1.29, 1.82) is 0 Å². The number of unbranched alkanes of at least 4 members (excludes halogenated alkanes) is 2. The molecule has 0 atom stereocenters. The summed E-state index contributed by atoms with van der Waals surface area (Å²) in [6.45, 7) is 4.29. The Bertz CT molecular complexity index is 485. The molecule has 1 rings (SSSR count). The number of carbonyl (C=O) groups is 2. The summed E-state index contributed by atoms with van der Waals surface area (Å²) in [4.78, 5) is 26.9. The normalized spacial score (nSPS) is 10.2. The van der Waals surface area contributed by atoms with Crippen molar-refractivity contribution in [3.05, 3.63) is 34.9 Å². The number of hydrogen-bond acceptors (Lipinski definition) is 4. The van der Waals surface area contributed by atoms with Crippen LogP contribution < -0.4 is 0 Å². The van der Waals surface area contributed by atoms with Crippen molar-refractivity contribution in [2.24, 2.45) is 0 Å². The van der Waals surface area contributed by atoms with Gasteiger partial charge in [-0.2, -0.15) is 0 Å². The molecule has 4 nitrogen and oxygen atoms in total. The van der Waals surface area contributed by atoms with E-state index in [1.807, 2.05) is 13.8 Å². The maximum Gasteiger partial charge on any atom is 0.380 e. The van der Waals surface area contributed by atoms with Crippen LogP contribution in [0.5, 0.6) is 0 Å². The number of hydrogen-bond donors (Lipinski definition) is 0. The number of benzene rings is 1. The molecule has 0 unspecified atom stereocenters. The third kappa shape index (κ3) is 4.85. The van der Waals surface area contributed by atoms with E-state index >= 15 is 0 Å². The lowest BCUT2D eigenvalue weighted by atomic mass is 9.97. The van der Waals surface area contributed by atoms with Gasteiger partial charge < -0.3 is 4.74 Å². The molecule has 0 aromatic heterocycles. The predicted molar refractivity (Wildman–Crippen MR) is 76.8 cm³/mol. The van der Waals surface area contributed by atoms with Crippen molar-refractivity contribution in [3.63, 3.8) is 0 Å². The third-order valence-electron chi connectivity index (χ3n) is 3.18. The van der Waals surface area contributed by atoms with Crippen LogP contribution in [-0.4, -0.2) is 18.5 Å². The van der Waals surface area contributed by atoms with Crippen LogP contribution in [0.1, 0.15) is 65.8 Å². The summed E-state index contributed by atoms with van der Waals surface area (Å²) in [7, 11) is 0. The Labute approximate surface area is 124 Å². The van der Waals surface area contributed by atoms with E-state index in [-0.39, 0.29) is 17.7 Å². The number of halogens is 1. The van der Waals surface area contributed by atoms with Crippen LogP contribution in [0, 0.1) is 0 Å². The lowest BCUT2D eigenvalue weighted by Gasteiger charge is -2.12. The molecule has 0 amide bonds. The fourth-order valence-electron chi connectivity index (χ4n) is 2.01. The first-order chi connectivity index (χ1) is 10.2. The van der Waals surface area contributed by atoms with E-state index < -0.39 is 11.9 Å². The van der Waals surface area contributed by atoms with Gasteiger partial charge in [-0.3, -0.25) is 0 Å². The SMILES string of the molecule is CCCCOC(=O)c1c(CCCC)cccc1C(=O)OF. The molecule has 0 aliphatic rings. The molecule has 0 saturated heterocycles. The molecule has 0 aliphatic heterocycles. The largest absolute Gasteiger partial charge is 0.462 e. The number of aryl methyl sites for hydroxylation is 1. The molecule has 0 N–H and O–H groups in total. The second-order valence-corrected chi connectivity index (χ2v) is 4.80. The smallest absolute Gasteiger partial charge is 0.380 e. The molecule has 0 aliphatic carbocycles. The number of rotatable bonds is 8. The standard InChI is InChI=1S/C16H21FO4/c1-3-5-8-12-9-7-10-13(15(18)21-17)14(12)16(19)20-11-6-4-2/h7,9-10H,3-6,8,11H2,1-2H3. The van der Waals surface area contributed by atoms with Crippen LogP contribution in [0.25, 0.3) is 0 Å². The highest BCUT2D eigenvalue weighted by atomic mass is 19.3. The van der Waals surface area contributed by atoms with Gasteiger partial charge in [0.15, 0.2) is 0 Å². The first-order valence-corrected chi connectivity index (χ1v) is 7.27. The van der Waals surface area contributed by atoms with E-state index in [1.54, 1.807) is 12.1 Å². The van der Waals surface area contributed by atoms with Crippen LogP contribution in [0.3, 0.4) is 0 Å². The fraction of sp³-hybridized carbons (Fsp3) is 0.500. The van der Waals surface area contributed by atoms with Crippen molar-refractivity contribution in [2.75, 3.05) is 6.61 Å². The fourth-order valence-corrected chi connectivity index (χ4v) is 2.01. The van der Waals surface area contributed by atoms with E-state index in [9.17, 15) is 14.1 Å². The van der Waals surface area contributed by atoms with Crippen LogP contribution in [-0.2, 0) is 16.1 Å². The van der Waals surface area contributed by atoms with E-state index in [4.69, 9.17) is 4.74 Å². The first kappa shape index (κ1) is 17.1. The van der Waals surface area contributed by atoms with Crippen LogP contribution in [0.15, 0.2) is 18.2 Å². The average Bonchev–Trinajstić information content (AvgIpc) is 2.51. The summed E-state index contributed by atoms with van der Waals surface area (Å²) in [5.74, 6) is -1.77. The van der Waals surface area contributed by atoms with Crippen molar-refractivity contribution in [3.8, 4) is 0 Å². The molecule has 116 valence electrons. The van der Waals surface area contributed by atoms with Crippen molar-refractivity contribution in [2.45, 2.75) is 46.0 Å². The van der Waals surface area contributed by atoms with Crippen molar-refractivity contribution >= 4 is 11.9 Å². The second kappa shape index (κ2) is 9.10. The van der Waals surface area contributed by atoms with Gasteiger partial charge in [-0.05, 0) is 30.9 Å². The first-order valence-electron chi connectivity index (χ1n) is 7.27. The van der Waals surface area contributed by atoms with Gasteiger partial charge in [-0.25, -0.2) is 14.5 Å². The molecule has 0 bridgehead atoms. The summed E-state index contributed by atoms with van der Waals surface area (Å²) < 4.78 is 17.4. The topological polar surface area (TPSA) is 52.6 Å². The van der Waals surface area contributed by atoms with Crippen LogP contribution in [0.4, 0.5) is 4.53 Å². The molecule has 0 spiro atoms. The molecule has 0 saturated carbocycles. The maximum absolute atomic E-state index is 12.2. The van der Waals surface area contributed by atoms with Gasteiger partial charge >= 0.3 is 11.9 Å². The van der Waals surface area contributed by atoms with Crippen LogP contribution >= 0.6 is 0 Å². The molecule has 0 radical (unpaired) electrons. The zero-order valence-electron chi connectivity index (χ0n) is 12.5. The Hall–Kier alpha value is -1.91. The minimum atomic E-state index is -1.17. The average molecular weight is 296 g/mol. The Morgan fingerprint density at radius 3 is 2.43 bits per heavy atom. The Morgan fingerprint density at radius 2 is 1.81 bits per heavy atom. The molecule has 21 heavy (non-hydrogen) atoms. The van der Waals surface area contributed by atoms with E-state index in [0.29, 0.717) is 12.0 Å². The van der Waals surface area contributed by atoms with Crippen molar-refractivity contribution in [1.82, 2.24) is 0 Å². The lowest BCUT2D eigenvalue weighted by Crippen LogP contribution is -2.16. The van der Waals surface area contributed by atoms with Gasteiger partial charge in [-0.15, -0.1) is 0 Å². The molecule has 1 aromatic carbocycles. The van der Waals surface area contributed by atoms with Gasteiger partial charge in [0.05, 0.1) is 17.7 Å². The number of ether oxygens (including phenoxy) is 1. The lowest BCUT2D eigenvalue weighted by molar-refractivity contribution is -0.0789. The number of esters is 1. The van der Waals surface area contributed by atoms with Crippen molar-refractivity contribution < 1.29 is 23.8 Å². The Morgan fingerprint density at radius 1 is 1.10 bits per heavy atom. The van der Waals surface area contributed by atoms with Gasteiger partial charge in [0.2, 0.25) is 0 Å². The Balaban J connectivity index is 3.08. The van der Waals surface area contributed by atoms with E-state index in [0.717, 1.165) is 25.7 Å². The molecule has 1 aromatic rings. The van der Waals surface area contributed by atoms with Gasteiger partial charge in [0.1, 0.15) is 0 Å². The highest BCUT2D eigenvalue weighted by Gasteiger charge is 2.23. The second-order valence-electron chi connectivity index (χ2n) is 4.80. The van der Waals surface area contributed by atoms with Gasteiger partial charge in [-0.1, -0.05) is 38.8 Å². The maximum atomic E-state index is 12.2. The highest BCUT2D eigenvalue weighted by molar-refractivity contribution is 6.04. The van der Waals surface area contributed by atoms with Gasteiger partial charge in [0, 0.05) is 4.53 Å².